The van der Waals surface area contributed by atoms with E-state index in [1.54, 1.807) is 0 Å². The minimum Gasteiger partial charge on any atom is -0.480 e. The monoisotopic (exact) mass is 256 g/mol. The number of carboxylic acid groups (broad SMARTS) is 1. The van der Waals surface area contributed by atoms with Crippen LogP contribution in [-0.2, 0) is 4.79 Å². The number of nitrogens with zero attached hydrogens (tertiary/aromatic N) is 1. The van der Waals surface area contributed by atoms with Crippen molar-refractivity contribution in [3.05, 3.63) is 0 Å². The summed E-state index contributed by atoms with van der Waals surface area (Å²) in [7, 11) is 1.53. The van der Waals surface area contributed by atoms with Crippen LogP contribution in [0.15, 0.2) is 0 Å². The number of urea groups is 1. The Morgan fingerprint density at radius 3 is 2.11 bits per heavy atom. The number of hydrogen-bond acceptors (Lipinski definition) is 2. The minimum absolute atomic E-state index is 0.187. The average Bonchev–Trinajstić information content (AvgIpc) is 2.56. The first kappa shape index (κ1) is 14.8. The summed E-state index contributed by atoms with van der Waals surface area (Å²) in [4.78, 5) is 24.4. The summed E-state index contributed by atoms with van der Waals surface area (Å²) in [6, 6.07) is -0.110. The predicted molar refractivity (Wildman–Crippen MR) is 69.5 cm³/mol. The third-order valence-corrected chi connectivity index (χ3v) is 3.85. The molecule has 0 heterocycles. The molecule has 1 aliphatic carbocycles. The maximum Gasteiger partial charge on any atom is 0.329 e. The van der Waals surface area contributed by atoms with E-state index in [1.807, 2.05) is 0 Å². The van der Waals surface area contributed by atoms with Crippen LogP contribution < -0.4 is 5.32 Å². The molecule has 0 aromatic heterocycles. The fourth-order valence-corrected chi connectivity index (χ4v) is 2.09. The number of carbonyl (C=O) groups excluding carboxylic acids is 1. The topological polar surface area (TPSA) is 69.6 Å². The molecule has 5 nitrogen and oxygen atoms in total. The SMILES string of the molecule is CN(C(=O)NC1CCCCCC1)C(C)(C)C(=O)O. The first-order valence-electron chi connectivity index (χ1n) is 6.63. The van der Waals surface area contributed by atoms with Crippen LogP contribution in [0, 0.1) is 0 Å². The summed E-state index contributed by atoms with van der Waals surface area (Å²) in [5, 5.41) is 12.0. The lowest BCUT2D eigenvalue weighted by molar-refractivity contribution is -0.146. The number of carbonyl (C=O) groups is 2. The van der Waals surface area contributed by atoms with Crippen molar-refractivity contribution in [2.24, 2.45) is 0 Å². The molecular weight excluding hydrogens is 232 g/mol. The van der Waals surface area contributed by atoms with E-state index in [9.17, 15) is 9.59 Å². The maximum absolute atomic E-state index is 12.0. The van der Waals surface area contributed by atoms with Crippen LogP contribution in [0.25, 0.3) is 0 Å². The van der Waals surface area contributed by atoms with Gasteiger partial charge in [0.2, 0.25) is 0 Å². The predicted octanol–water partition coefficient (Wildman–Crippen LogP) is 2.21. The van der Waals surface area contributed by atoms with E-state index in [4.69, 9.17) is 5.11 Å². The molecule has 2 N–H and O–H groups in total. The zero-order valence-electron chi connectivity index (χ0n) is 11.5. The van der Waals surface area contributed by atoms with Crippen molar-refractivity contribution < 1.29 is 14.7 Å². The van der Waals surface area contributed by atoms with Gasteiger partial charge in [0.25, 0.3) is 0 Å². The fourth-order valence-electron chi connectivity index (χ4n) is 2.09. The summed E-state index contributed by atoms with van der Waals surface area (Å²) < 4.78 is 0. The van der Waals surface area contributed by atoms with Crippen LogP contribution in [-0.4, -0.2) is 40.6 Å². The highest BCUT2D eigenvalue weighted by atomic mass is 16.4. The van der Waals surface area contributed by atoms with Gasteiger partial charge in [0.15, 0.2) is 0 Å². The summed E-state index contributed by atoms with van der Waals surface area (Å²) in [5.74, 6) is -0.999. The van der Waals surface area contributed by atoms with Gasteiger partial charge in [0.1, 0.15) is 5.54 Å². The Bertz CT molecular complexity index is 307. The van der Waals surface area contributed by atoms with E-state index in [-0.39, 0.29) is 12.1 Å². The van der Waals surface area contributed by atoms with Crippen molar-refractivity contribution in [1.82, 2.24) is 10.2 Å². The molecule has 0 aromatic rings. The van der Waals surface area contributed by atoms with Gasteiger partial charge in [-0.1, -0.05) is 25.7 Å². The number of rotatable bonds is 3. The number of amides is 2. The van der Waals surface area contributed by atoms with Crippen molar-refractivity contribution in [3.63, 3.8) is 0 Å². The molecule has 0 aromatic carbocycles. The highest BCUT2D eigenvalue weighted by Crippen LogP contribution is 2.18. The Labute approximate surface area is 109 Å². The third kappa shape index (κ3) is 3.62. The zero-order chi connectivity index (χ0) is 13.8. The molecule has 2 amide bonds. The number of likely N-dealkylation sites (N-methyl/N-ethyl adjacent to an activating group) is 1. The van der Waals surface area contributed by atoms with E-state index < -0.39 is 11.5 Å². The van der Waals surface area contributed by atoms with E-state index in [2.05, 4.69) is 5.32 Å². The quantitative estimate of drug-likeness (QED) is 0.761. The lowest BCUT2D eigenvalue weighted by atomic mass is 10.0. The van der Waals surface area contributed by atoms with Crippen LogP contribution in [0.5, 0.6) is 0 Å². The van der Waals surface area contributed by atoms with Gasteiger partial charge in [-0.3, -0.25) is 0 Å². The highest BCUT2D eigenvalue weighted by molar-refractivity contribution is 5.85. The molecule has 0 radical (unpaired) electrons. The average molecular weight is 256 g/mol. The Kier molecular flexibility index (Phi) is 4.99. The second-order valence-electron chi connectivity index (χ2n) is 5.56. The largest absolute Gasteiger partial charge is 0.480 e. The summed E-state index contributed by atoms with van der Waals surface area (Å²) in [6.45, 7) is 3.06. The standard InChI is InChI=1S/C13H24N2O3/c1-13(2,11(16)17)15(3)12(18)14-10-8-6-4-5-7-9-10/h10H,4-9H2,1-3H3,(H,14,18)(H,16,17). The second kappa shape index (κ2) is 6.07. The normalized spacial score (nSPS) is 17.9. The molecule has 0 aliphatic heterocycles. The lowest BCUT2D eigenvalue weighted by Crippen LogP contribution is -2.55. The van der Waals surface area contributed by atoms with Crippen molar-refractivity contribution in [2.75, 3.05) is 7.05 Å². The number of aliphatic carboxylic acids is 1. The van der Waals surface area contributed by atoms with E-state index >= 15 is 0 Å². The van der Waals surface area contributed by atoms with Crippen LogP contribution in [0.2, 0.25) is 0 Å². The van der Waals surface area contributed by atoms with Gasteiger partial charge >= 0.3 is 12.0 Å². The van der Waals surface area contributed by atoms with Gasteiger partial charge < -0.3 is 15.3 Å². The van der Waals surface area contributed by atoms with Crippen molar-refractivity contribution in [3.8, 4) is 0 Å². The lowest BCUT2D eigenvalue weighted by Gasteiger charge is -2.33. The molecule has 1 fully saturated rings. The molecule has 1 aliphatic rings. The molecule has 0 bridgehead atoms. The molecular formula is C13H24N2O3. The number of carboxylic acids is 1. The maximum atomic E-state index is 12.0. The van der Waals surface area contributed by atoms with E-state index in [0.29, 0.717) is 0 Å². The first-order valence-corrected chi connectivity index (χ1v) is 6.63. The molecule has 1 saturated carbocycles. The van der Waals surface area contributed by atoms with Gasteiger partial charge in [-0.2, -0.15) is 0 Å². The highest BCUT2D eigenvalue weighted by Gasteiger charge is 2.35. The Balaban J connectivity index is 2.56. The zero-order valence-corrected chi connectivity index (χ0v) is 11.5. The minimum atomic E-state index is -1.19. The van der Waals surface area contributed by atoms with Gasteiger partial charge in [-0.15, -0.1) is 0 Å². The van der Waals surface area contributed by atoms with Gasteiger partial charge in [0, 0.05) is 13.1 Å². The molecule has 0 atom stereocenters. The van der Waals surface area contributed by atoms with E-state index in [0.717, 1.165) is 25.7 Å². The Morgan fingerprint density at radius 2 is 1.67 bits per heavy atom. The molecule has 5 heteroatoms. The molecule has 0 saturated heterocycles. The smallest absolute Gasteiger partial charge is 0.329 e. The summed E-state index contributed by atoms with van der Waals surface area (Å²) >= 11 is 0. The molecule has 0 unspecified atom stereocenters. The van der Waals surface area contributed by atoms with Crippen LogP contribution in [0.1, 0.15) is 52.4 Å². The van der Waals surface area contributed by atoms with Crippen molar-refractivity contribution >= 4 is 12.0 Å². The summed E-state index contributed by atoms with van der Waals surface area (Å²) in [6.07, 6.45) is 6.71. The van der Waals surface area contributed by atoms with Gasteiger partial charge in [-0.05, 0) is 26.7 Å². The first-order chi connectivity index (χ1) is 8.35. The van der Waals surface area contributed by atoms with Crippen LogP contribution in [0.4, 0.5) is 4.79 Å². The van der Waals surface area contributed by atoms with Gasteiger partial charge in [-0.25, -0.2) is 9.59 Å². The third-order valence-electron chi connectivity index (χ3n) is 3.85. The van der Waals surface area contributed by atoms with Crippen molar-refractivity contribution in [2.45, 2.75) is 64.0 Å². The Hall–Kier alpha value is -1.26. The van der Waals surface area contributed by atoms with E-state index in [1.165, 1.54) is 38.6 Å². The molecule has 1 rings (SSSR count). The van der Waals surface area contributed by atoms with Crippen LogP contribution >= 0.6 is 0 Å². The van der Waals surface area contributed by atoms with Crippen molar-refractivity contribution in [1.29, 1.82) is 0 Å². The molecule has 0 spiro atoms. The Morgan fingerprint density at radius 1 is 1.17 bits per heavy atom. The molecule has 104 valence electrons. The van der Waals surface area contributed by atoms with Crippen LogP contribution in [0.3, 0.4) is 0 Å². The summed E-state index contributed by atoms with van der Waals surface area (Å²) in [5.41, 5.74) is -1.19. The number of nitrogens with one attached hydrogen (secondary N) is 1. The fraction of sp³-hybridized carbons (Fsp3) is 0.846. The second-order valence-corrected chi connectivity index (χ2v) is 5.56. The molecule has 18 heavy (non-hydrogen) atoms. The van der Waals surface area contributed by atoms with Gasteiger partial charge in [0.05, 0.1) is 0 Å². The number of hydrogen-bond donors (Lipinski definition) is 2.